The topological polar surface area (TPSA) is 79.0 Å². The van der Waals surface area contributed by atoms with Crippen molar-refractivity contribution in [3.63, 3.8) is 0 Å². The molecule has 1 aromatic rings. The monoisotopic (exact) mass is 307 g/mol. The first kappa shape index (κ1) is 16.9. The van der Waals surface area contributed by atoms with Crippen LogP contribution in [-0.2, 0) is 16.1 Å². The van der Waals surface area contributed by atoms with Crippen molar-refractivity contribution in [3.05, 3.63) is 34.9 Å². The second-order valence-electron chi connectivity index (χ2n) is 6.03. The minimum Gasteiger partial charge on any atom is -0.307 e. The lowest BCUT2D eigenvalue weighted by atomic mass is 9.97. The first-order valence-electron chi connectivity index (χ1n) is 7.52. The van der Waals surface area contributed by atoms with E-state index in [1.807, 2.05) is 32.0 Å². The molecule has 1 heterocycles. The number of nitrogens with two attached hydrogens (primary N) is 1. The fourth-order valence-corrected chi connectivity index (χ4v) is 2.74. The minimum atomic E-state index is -1.02. The smallest absolute Gasteiger partial charge is 0.252 e. The van der Waals surface area contributed by atoms with Crippen LogP contribution in [0.25, 0.3) is 0 Å². The molecular weight excluding hydrogens is 282 g/mol. The summed E-state index contributed by atoms with van der Waals surface area (Å²) in [4.78, 5) is 17.5. The van der Waals surface area contributed by atoms with Crippen LogP contribution >= 0.6 is 0 Å². The zero-order valence-electron chi connectivity index (χ0n) is 13.5. The van der Waals surface area contributed by atoms with Gasteiger partial charge in [0.2, 0.25) is 0 Å². The van der Waals surface area contributed by atoms with Crippen LogP contribution in [0.1, 0.15) is 29.5 Å². The molecule has 1 aromatic carbocycles. The SMILES string of the molecule is CON1CCC(N)(N(O)C(=O)Cc2cc(C)ccc2C)CC1. The third-order valence-electron chi connectivity index (χ3n) is 4.35. The number of nitrogens with zero attached hydrogens (tertiary/aromatic N) is 2. The molecule has 0 unspecified atom stereocenters. The van der Waals surface area contributed by atoms with E-state index in [4.69, 9.17) is 10.6 Å². The van der Waals surface area contributed by atoms with Crippen LogP contribution in [0, 0.1) is 13.8 Å². The molecular formula is C16H25N3O3. The highest BCUT2D eigenvalue weighted by molar-refractivity contribution is 5.78. The molecule has 122 valence electrons. The van der Waals surface area contributed by atoms with E-state index < -0.39 is 5.66 Å². The molecule has 0 aliphatic carbocycles. The van der Waals surface area contributed by atoms with Crippen LogP contribution in [-0.4, -0.2) is 47.1 Å². The van der Waals surface area contributed by atoms with Crippen molar-refractivity contribution in [3.8, 4) is 0 Å². The molecule has 22 heavy (non-hydrogen) atoms. The molecule has 0 saturated carbocycles. The second kappa shape index (κ2) is 6.75. The highest BCUT2D eigenvalue weighted by Gasteiger charge is 2.39. The molecule has 1 aliphatic heterocycles. The number of piperidine rings is 1. The third kappa shape index (κ3) is 3.64. The largest absolute Gasteiger partial charge is 0.307 e. The lowest BCUT2D eigenvalue weighted by Gasteiger charge is -2.42. The standard InChI is InChI=1S/C16H25N3O3/c1-12-4-5-13(2)14(10-12)11-15(20)19(21)16(17)6-8-18(22-3)9-7-16/h4-5,10,21H,6-9,11,17H2,1-3H3. The van der Waals surface area contributed by atoms with Crippen LogP contribution in [0.5, 0.6) is 0 Å². The Kier molecular flexibility index (Phi) is 5.18. The van der Waals surface area contributed by atoms with Gasteiger partial charge in [-0.25, -0.2) is 5.06 Å². The summed E-state index contributed by atoms with van der Waals surface area (Å²) in [6.07, 6.45) is 1.09. The molecule has 6 heteroatoms. The summed E-state index contributed by atoms with van der Waals surface area (Å²) < 4.78 is 0. The van der Waals surface area contributed by atoms with E-state index in [0.29, 0.717) is 25.9 Å². The summed E-state index contributed by atoms with van der Waals surface area (Å²) in [6.45, 7) is 5.11. The lowest BCUT2D eigenvalue weighted by molar-refractivity contribution is -0.220. The summed E-state index contributed by atoms with van der Waals surface area (Å²) >= 11 is 0. The third-order valence-corrected chi connectivity index (χ3v) is 4.35. The summed E-state index contributed by atoms with van der Waals surface area (Å²) in [5.41, 5.74) is 8.24. The Labute approximate surface area is 131 Å². The van der Waals surface area contributed by atoms with Crippen molar-refractivity contribution in [1.29, 1.82) is 0 Å². The van der Waals surface area contributed by atoms with Gasteiger partial charge in [-0.2, -0.15) is 5.06 Å². The van der Waals surface area contributed by atoms with Gasteiger partial charge in [-0.1, -0.05) is 23.8 Å². The Balaban J connectivity index is 2.04. The number of hydroxylamine groups is 4. The average molecular weight is 307 g/mol. The summed E-state index contributed by atoms with van der Waals surface area (Å²) in [5, 5.41) is 12.8. The molecule has 6 nitrogen and oxygen atoms in total. The molecule has 0 radical (unpaired) electrons. The van der Waals surface area contributed by atoms with Gasteiger partial charge in [0.05, 0.1) is 13.5 Å². The molecule has 0 atom stereocenters. The van der Waals surface area contributed by atoms with E-state index >= 15 is 0 Å². The number of rotatable bonds is 4. The van der Waals surface area contributed by atoms with Crippen molar-refractivity contribution in [2.75, 3.05) is 20.2 Å². The van der Waals surface area contributed by atoms with Gasteiger partial charge in [0.1, 0.15) is 5.66 Å². The van der Waals surface area contributed by atoms with Gasteiger partial charge in [0, 0.05) is 25.9 Å². The van der Waals surface area contributed by atoms with E-state index in [0.717, 1.165) is 21.8 Å². The Hall–Kier alpha value is -1.47. The Morgan fingerprint density at radius 3 is 2.64 bits per heavy atom. The maximum atomic E-state index is 12.4. The van der Waals surface area contributed by atoms with Crippen molar-refractivity contribution in [1.82, 2.24) is 10.1 Å². The van der Waals surface area contributed by atoms with E-state index in [-0.39, 0.29) is 12.3 Å². The number of hydrogen-bond donors (Lipinski definition) is 2. The van der Waals surface area contributed by atoms with Crippen LogP contribution < -0.4 is 5.73 Å². The zero-order chi connectivity index (χ0) is 16.3. The number of benzene rings is 1. The summed E-state index contributed by atoms with van der Waals surface area (Å²) in [6, 6.07) is 5.96. The Morgan fingerprint density at radius 1 is 1.41 bits per heavy atom. The highest BCUT2D eigenvalue weighted by Crippen LogP contribution is 2.24. The first-order chi connectivity index (χ1) is 10.4. The quantitative estimate of drug-likeness (QED) is 0.499. The highest BCUT2D eigenvalue weighted by atomic mass is 16.7. The molecule has 2 rings (SSSR count). The number of carbonyl (C=O) groups excluding carboxylic acids is 1. The molecule has 1 aliphatic rings. The van der Waals surface area contributed by atoms with E-state index in [1.165, 1.54) is 0 Å². The van der Waals surface area contributed by atoms with Crippen molar-refractivity contribution in [2.24, 2.45) is 5.73 Å². The van der Waals surface area contributed by atoms with Gasteiger partial charge in [0.25, 0.3) is 5.91 Å². The molecule has 3 N–H and O–H groups in total. The molecule has 0 aromatic heterocycles. The molecule has 0 spiro atoms. The molecule has 1 saturated heterocycles. The predicted octanol–water partition coefficient (Wildman–Crippen LogP) is 1.38. The predicted molar refractivity (Wildman–Crippen MR) is 83.0 cm³/mol. The van der Waals surface area contributed by atoms with E-state index in [1.54, 1.807) is 12.2 Å². The van der Waals surface area contributed by atoms with Crippen LogP contribution in [0.3, 0.4) is 0 Å². The fraction of sp³-hybridized carbons (Fsp3) is 0.562. The fourth-order valence-electron chi connectivity index (χ4n) is 2.74. The molecule has 1 fully saturated rings. The normalized spacial score (nSPS) is 18.2. The van der Waals surface area contributed by atoms with Gasteiger partial charge in [0.15, 0.2) is 0 Å². The van der Waals surface area contributed by atoms with Crippen molar-refractivity contribution < 1.29 is 14.8 Å². The maximum absolute atomic E-state index is 12.4. The first-order valence-corrected chi connectivity index (χ1v) is 7.52. The zero-order valence-corrected chi connectivity index (χ0v) is 13.5. The van der Waals surface area contributed by atoms with Crippen LogP contribution in [0.2, 0.25) is 0 Å². The molecule has 1 amide bonds. The van der Waals surface area contributed by atoms with E-state index in [2.05, 4.69) is 0 Å². The van der Waals surface area contributed by atoms with Crippen LogP contribution in [0.15, 0.2) is 18.2 Å². The second-order valence-corrected chi connectivity index (χ2v) is 6.03. The van der Waals surface area contributed by atoms with E-state index in [9.17, 15) is 10.0 Å². The summed E-state index contributed by atoms with van der Waals surface area (Å²) in [5.74, 6) is -0.373. The van der Waals surface area contributed by atoms with Gasteiger partial charge in [-0.15, -0.1) is 0 Å². The lowest BCUT2D eigenvalue weighted by Crippen LogP contribution is -2.62. The van der Waals surface area contributed by atoms with Gasteiger partial charge in [-0.3, -0.25) is 10.0 Å². The van der Waals surface area contributed by atoms with Crippen molar-refractivity contribution in [2.45, 2.75) is 38.8 Å². The summed E-state index contributed by atoms with van der Waals surface area (Å²) in [7, 11) is 1.60. The van der Waals surface area contributed by atoms with Crippen LogP contribution in [0.4, 0.5) is 0 Å². The minimum absolute atomic E-state index is 0.150. The number of carbonyl (C=O) groups is 1. The average Bonchev–Trinajstić information content (AvgIpc) is 2.51. The van der Waals surface area contributed by atoms with Crippen molar-refractivity contribution >= 4 is 5.91 Å². The Bertz CT molecular complexity index is 539. The number of amides is 1. The van der Waals surface area contributed by atoms with Gasteiger partial charge >= 0.3 is 0 Å². The molecule has 0 bridgehead atoms. The number of hydrogen-bond acceptors (Lipinski definition) is 5. The number of aryl methyl sites for hydroxylation is 2. The maximum Gasteiger partial charge on any atom is 0.252 e. The van der Waals surface area contributed by atoms with Gasteiger partial charge < -0.3 is 10.6 Å². The Morgan fingerprint density at radius 2 is 2.05 bits per heavy atom. The van der Waals surface area contributed by atoms with Gasteiger partial charge in [-0.05, 0) is 25.0 Å².